The smallest absolute Gasteiger partial charge is 0.148 e. The van der Waals surface area contributed by atoms with Gasteiger partial charge in [0.25, 0.3) is 0 Å². The Hall–Kier alpha value is -3.02. The molecule has 0 spiro atoms. The Bertz CT molecular complexity index is 730. The summed E-state index contributed by atoms with van der Waals surface area (Å²) >= 11 is 0. The zero-order valence-corrected chi connectivity index (χ0v) is 16.7. The van der Waals surface area contributed by atoms with Crippen molar-refractivity contribution in [2.45, 2.75) is 20.3 Å². The first-order chi connectivity index (χ1) is 13.0. The van der Waals surface area contributed by atoms with E-state index in [1.807, 2.05) is 50.2 Å². The quantitative estimate of drug-likeness (QED) is 0.614. The van der Waals surface area contributed by atoms with Crippen LogP contribution in [0.4, 0.5) is 11.4 Å². The second kappa shape index (κ2) is 9.62. The van der Waals surface area contributed by atoms with Crippen molar-refractivity contribution in [2.24, 2.45) is 9.98 Å². The van der Waals surface area contributed by atoms with E-state index < -0.39 is 0 Å². The molecule has 0 unspecified atom stereocenters. The zero-order chi connectivity index (χ0) is 19.8. The summed E-state index contributed by atoms with van der Waals surface area (Å²) in [4.78, 5) is 9.38. The molecule has 0 aromatic heterocycles. The van der Waals surface area contributed by atoms with Crippen molar-refractivity contribution in [1.29, 1.82) is 0 Å². The van der Waals surface area contributed by atoms with E-state index in [1.54, 1.807) is 28.4 Å². The highest BCUT2D eigenvalue weighted by Gasteiger charge is 2.11. The lowest BCUT2D eigenvalue weighted by molar-refractivity contribution is 0.397. The Morgan fingerprint density at radius 3 is 1.19 bits per heavy atom. The van der Waals surface area contributed by atoms with E-state index in [4.69, 9.17) is 28.9 Å². The Morgan fingerprint density at radius 1 is 0.630 bits per heavy atom. The zero-order valence-electron chi connectivity index (χ0n) is 16.7. The summed E-state index contributed by atoms with van der Waals surface area (Å²) in [6.45, 7) is 3.90. The number of para-hydroxylation sites is 2. The van der Waals surface area contributed by atoms with Gasteiger partial charge in [-0.25, -0.2) is 9.98 Å². The van der Waals surface area contributed by atoms with E-state index in [0.717, 1.165) is 11.4 Å². The lowest BCUT2D eigenvalue weighted by Crippen LogP contribution is -2.01. The molecule has 0 saturated carbocycles. The number of hydrogen-bond acceptors (Lipinski definition) is 6. The molecule has 0 saturated heterocycles. The van der Waals surface area contributed by atoms with E-state index in [1.165, 1.54) is 0 Å². The van der Waals surface area contributed by atoms with Crippen molar-refractivity contribution in [3.8, 4) is 23.0 Å². The van der Waals surface area contributed by atoms with Crippen LogP contribution in [0.15, 0.2) is 46.4 Å². The Morgan fingerprint density at radius 2 is 0.926 bits per heavy atom. The van der Waals surface area contributed by atoms with Gasteiger partial charge in [-0.1, -0.05) is 12.1 Å². The van der Waals surface area contributed by atoms with Crippen molar-refractivity contribution >= 4 is 22.8 Å². The minimum absolute atomic E-state index is 0.586. The fraction of sp³-hybridized carbons (Fsp3) is 0.333. The number of ether oxygens (including phenoxy) is 4. The molecule has 27 heavy (non-hydrogen) atoms. The van der Waals surface area contributed by atoms with Gasteiger partial charge in [0.1, 0.15) is 34.4 Å². The summed E-state index contributed by atoms with van der Waals surface area (Å²) < 4.78 is 21.6. The molecule has 2 rings (SSSR count). The topological polar surface area (TPSA) is 61.6 Å². The minimum Gasteiger partial charge on any atom is -0.494 e. The van der Waals surface area contributed by atoms with E-state index >= 15 is 0 Å². The third kappa shape index (κ3) is 5.00. The molecule has 0 amide bonds. The van der Waals surface area contributed by atoms with E-state index in [2.05, 4.69) is 0 Å². The molecular weight excluding hydrogens is 344 g/mol. The first-order valence-corrected chi connectivity index (χ1v) is 8.54. The molecule has 144 valence electrons. The number of methoxy groups -OCH3 is 4. The summed E-state index contributed by atoms with van der Waals surface area (Å²) in [5.41, 5.74) is 3.10. The number of benzene rings is 2. The highest BCUT2D eigenvalue weighted by molar-refractivity contribution is 6.04. The summed E-state index contributed by atoms with van der Waals surface area (Å²) in [5.74, 6) is 2.65. The van der Waals surface area contributed by atoms with Gasteiger partial charge in [-0.3, -0.25) is 0 Å². The maximum Gasteiger partial charge on any atom is 0.148 e. The Labute approximate surface area is 160 Å². The average molecular weight is 370 g/mol. The van der Waals surface area contributed by atoms with E-state index in [-0.39, 0.29) is 0 Å². The number of aliphatic imine (C=N–C) groups is 2. The van der Waals surface area contributed by atoms with Crippen LogP contribution in [0.3, 0.4) is 0 Å². The molecule has 6 nitrogen and oxygen atoms in total. The van der Waals surface area contributed by atoms with Gasteiger partial charge in [0.15, 0.2) is 0 Å². The molecular formula is C21H26N2O4. The molecule has 2 aromatic carbocycles. The highest BCUT2D eigenvalue weighted by Crippen LogP contribution is 2.38. The normalized spacial score (nSPS) is 11.9. The lowest BCUT2D eigenvalue weighted by atomic mass is 10.2. The second-order valence-corrected chi connectivity index (χ2v) is 5.89. The van der Waals surface area contributed by atoms with E-state index in [0.29, 0.717) is 40.8 Å². The molecule has 0 radical (unpaired) electrons. The minimum atomic E-state index is 0.586. The standard InChI is InChI=1S/C21H26N2O4/c1-14(22-20-16(24-3)9-7-10-17(20)25-4)13-15(2)23-21-18(26-5)11-8-12-19(21)27-6/h7-12H,13H2,1-6H3. The van der Waals surface area contributed by atoms with Gasteiger partial charge in [0, 0.05) is 17.8 Å². The highest BCUT2D eigenvalue weighted by atomic mass is 16.5. The van der Waals surface area contributed by atoms with Gasteiger partial charge in [-0.15, -0.1) is 0 Å². The van der Waals surface area contributed by atoms with Gasteiger partial charge in [0.2, 0.25) is 0 Å². The molecule has 0 fully saturated rings. The Balaban J connectivity index is 2.33. The van der Waals surface area contributed by atoms with E-state index in [9.17, 15) is 0 Å². The molecule has 6 heteroatoms. The molecule has 0 bridgehead atoms. The van der Waals surface area contributed by atoms with Crippen LogP contribution in [0.25, 0.3) is 0 Å². The van der Waals surface area contributed by atoms with Crippen LogP contribution in [-0.4, -0.2) is 39.9 Å². The largest absolute Gasteiger partial charge is 0.494 e. The third-order valence-corrected chi connectivity index (χ3v) is 3.92. The van der Waals surface area contributed by atoms with Gasteiger partial charge in [-0.05, 0) is 38.1 Å². The number of hydrogen-bond donors (Lipinski definition) is 0. The molecule has 0 N–H and O–H groups in total. The first-order valence-electron chi connectivity index (χ1n) is 8.54. The first kappa shape index (κ1) is 20.3. The molecule has 2 aromatic rings. The van der Waals surface area contributed by atoms with Crippen LogP contribution in [-0.2, 0) is 0 Å². The van der Waals surface area contributed by atoms with Gasteiger partial charge in [-0.2, -0.15) is 0 Å². The molecule has 0 aliphatic rings. The van der Waals surface area contributed by atoms with Crippen molar-refractivity contribution in [3.63, 3.8) is 0 Å². The van der Waals surface area contributed by atoms with Crippen LogP contribution in [0.5, 0.6) is 23.0 Å². The van der Waals surface area contributed by atoms with Crippen LogP contribution < -0.4 is 18.9 Å². The van der Waals surface area contributed by atoms with Crippen molar-refractivity contribution < 1.29 is 18.9 Å². The summed E-state index contributed by atoms with van der Waals surface area (Å²) in [5, 5.41) is 0. The molecule has 0 aliphatic carbocycles. The van der Waals surface area contributed by atoms with Crippen LogP contribution in [0.1, 0.15) is 20.3 Å². The molecule has 0 heterocycles. The van der Waals surface area contributed by atoms with Crippen LogP contribution in [0, 0.1) is 0 Å². The number of rotatable bonds is 8. The summed E-state index contributed by atoms with van der Waals surface area (Å²) in [7, 11) is 6.46. The fourth-order valence-electron chi connectivity index (χ4n) is 2.71. The van der Waals surface area contributed by atoms with Crippen molar-refractivity contribution in [1.82, 2.24) is 0 Å². The van der Waals surface area contributed by atoms with Gasteiger partial charge >= 0.3 is 0 Å². The van der Waals surface area contributed by atoms with Crippen molar-refractivity contribution in [3.05, 3.63) is 36.4 Å². The molecule has 0 aliphatic heterocycles. The maximum absolute atomic E-state index is 5.40. The van der Waals surface area contributed by atoms with Gasteiger partial charge < -0.3 is 18.9 Å². The monoisotopic (exact) mass is 370 g/mol. The van der Waals surface area contributed by atoms with Crippen LogP contribution >= 0.6 is 0 Å². The van der Waals surface area contributed by atoms with Crippen LogP contribution in [0.2, 0.25) is 0 Å². The van der Waals surface area contributed by atoms with Crippen molar-refractivity contribution in [2.75, 3.05) is 28.4 Å². The second-order valence-electron chi connectivity index (χ2n) is 5.89. The summed E-state index contributed by atoms with van der Waals surface area (Å²) in [6, 6.07) is 11.2. The molecule has 0 atom stereocenters. The number of nitrogens with zero attached hydrogens (tertiary/aromatic N) is 2. The Kier molecular flexibility index (Phi) is 7.23. The third-order valence-electron chi connectivity index (χ3n) is 3.92. The lowest BCUT2D eigenvalue weighted by Gasteiger charge is -2.11. The fourth-order valence-corrected chi connectivity index (χ4v) is 2.71. The predicted molar refractivity (Wildman–Crippen MR) is 109 cm³/mol. The SMILES string of the molecule is COc1cccc(OC)c1N=C(C)CC(C)=Nc1c(OC)cccc1OC. The summed E-state index contributed by atoms with van der Waals surface area (Å²) in [6.07, 6.45) is 0.586. The maximum atomic E-state index is 5.40. The average Bonchev–Trinajstić information content (AvgIpc) is 2.67. The predicted octanol–water partition coefficient (Wildman–Crippen LogP) is 5.00. The van der Waals surface area contributed by atoms with Gasteiger partial charge in [0.05, 0.1) is 28.4 Å².